The third kappa shape index (κ3) is 3.77. The molecule has 84 valence electrons. The van der Waals surface area contributed by atoms with E-state index < -0.39 is 0 Å². The van der Waals surface area contributed by atoms with E-state index in [4.69, 9.17) is 20.9 Å². The first-order valence-corrected chi connectivity index (χ1v) is 4.97. The average molecular weight is 210 g/mol. The van der Waals surface area contributed by atoms with Crippen LogP contribution in [0.5, 0.6) is 11.5 Å². The molecule has 1 aromatic carbocycles. The highest BCUT2D eigenvalue weighted by Crippen LogP contribution is 2.32. The molecule has 0 saturated heterocycles. The van der Waals surface area contributed by atoms with Gasteiger partial charge in [0.05, 0.1) is 0 Å². The fraction of sp³-hybridized carbons (Fsp3) is 0.455. The summed E-state index contributed by atoms with van der Waals surface area (Å²) < 4.78 is 10.3. The van der Waals surface area contributed by atoms with Gasteiger partial charge < -0.3 is 20.9 Å². The van der Waals surface area contributed by atoms with Crippen molar-refractivity contribution in [2.24, 2.45) is 11.5 Å². The van der Waals surface area contributed by atoms with Crippen LogP contribution in [0.4, 0.5) is 0 Å². The molecule has 4 heteroatoms. The van der Waals surface area contributed by atoms with Crippen molar-refractivity contribution in [1.29, 1.82) is 0 Å². The molecule has 0 radical (unpaired) electrons. The summed E-state index contributed by atoms with van der Waals surface area (Å²) in [5, 5.41) is 0. The number of hydrogen-bond acceptors (Lipinski definition) is 4. The normalized spacial score (nSPS) is 12.3. The number of hydrogen-bond donors (Lipinski definition) is 2. The Morgan fingerprint density at radius 1 is 1.27 bits per heavy atom. The molecule has 1 aromatic rings. The van der Waals surface area contributed by atoms with Crippen molar-refractivity contribution in [2.45, 2.75) is 26.4 Å². The Bertz CT molecular complexity index is 311. The van der Waals surface area contributed by atoms with Gasteiger partial charge >= 0.3 is 0 Å². The topological polar surface area (TPSA) is 70.5 Å². The van der Waals surface area contributed by atoms with Gasteiger partial charge in [0.1, 0.15) is 0 Å². The van der Waals surface area contributed by atoms with Crippen LogP contribution in [0.25, 0.3) is 0 Å². The second kappa shape index (κ2) is 5.58. The van der Waals surface area contributed by atoms with Crippen molar-refractivity contribution in [3.63, 3.8) is 0 Å². The van der Waals surface area contributed by atoms with Crippen LogP contribution in [-0.4, -0.2) is 12.8 Å². The second-order valence-corrected chi connectivity index (χ2v) is 3.64. The van der Waals surface area contributed by atoms with Crippen LogP contribution in [-0.2, 0) is 6.54 Å². The van der Waals surface area contributed by atoms with Gasteiger partial charge in [-0.3, -0.25) is 0 Å². The van der Waals surface area contributed by atoms with Gasteiger partial charge in [0.15, 0.2) is 11.5 Å². The third-order valence-corrected chi connectivity index (χ3v) is 1.67. The van der Waals surface area contributed by atoms with Crippen molar-refractivity contribution >= 4 is 0 Å². The molecule has 1 heterocycles. The summed E-state index contributed by atoms with van der Waals surface area (Å²) in [5.74, 6) is 1.61. The number of ether oxygens (including phenoxy) is 2. The summed E-state index contributed by atoms with van der Waals surface area (Å²) in [4.78, 5) is 0. The van der Waals surface area contributed by atoms with Crippen molar-refractivity contribution in [3.8, 4) is 11.5 Å². The highest BCUT2D eigenvalue weighted by atomic mass is 16.7. The first-order chi connectivity index (χ1) is 7.13. The number of benzene rings is 1. The molecule has 0 aliphatic carbocycles. The molecule has 1 aliphatic heterocycles. The van der Waals surface area contributed by atoms with E-state index in [0.717, 1.165) is 17.1 Å². The number of nitrogens with two attached hydrogens (primary N) is 2. The molecule has 1 aliphatic rings. The van der Waals surface area contributed by atoms with E-state index in [9.17, 15) is 0 Å². The Hall–Kier alpha value is -1.26. The minimum absolute atomic E-state index is 0.323. The molecule has 0 fully saturated rings. The fourth-order valence-corrected chi connectivity index (χ4v) is 1.07. The smallest absolute Gasteiger partial charge is 0.231 e. The molecule has 15 heavy (non-hydrogen) atoms. The van der Waals surface area contributed by atoms with Gasteiger partial charge in [0, 0.05) is 6.54 Å². The standard InChI is InChI=1S/C8H9NO2.C3H9N/c9-4-6-1-2-7-8(3-6)11-5-10-7;1-3(2)4/h1-3H,4-5,9H2;3H,4H2,1-2H3. The molecule has 0 amide bonds. The maximum absolute atomic E-state index is 5.45. The minimum atomic E-state index is 0.323. The van der Waals surface area contributed by atoms with Crippen LogP contribution in [0, 0.1) is 0 Å². The highest BCUT2D eigenvalue weighted by molar-refractivity contribution is 5.44. The van der Waals surface area contributed by atoms with Crippen LogP contribution < -0.4 is 20.9 Å². The first-order valence-electron chi connectivity index (χ1n) is 4.97. The van der Waals surface area contributed by atoms with Crippen LogP contribution in [0.2, 0.25) is 0 Å². The molecular weight excluding hydrogens is 192 g/mol. The summed E-state index contributed by atoms with van der Waals surface area (Å²) in [6.45, 7) is 4.75. The Morgan fingerprint density at radius 2 is 1.87 bits per heavy atom. The lowest BCUT2D eigenvalue weighted by Gasteiger charge is -1.97. The highest BCUT2D eigenvalue weighted by Gasteiger charge is 2.11. The second-order valence-electron chi connectivity index (χ2n) is 3.64. The molecular formula is C11H18N2O2. The van der Waals surface area contributed by atoms with Crippen molar-refractivity contribution in [1.82, 2.24) is 0 Å². The van der Waals surface area contributed by atoms with Crippen molar-refractivity contribution in [3.05, 3.63) is 23.8 Å². The summed E-state index contributed by atoms with van der Waals surface area (Å²) in [7, 11) is 0. The first kappa shape index (κ1) is 11.8. The van der Waals surface area contributed by atoms with Gasteiger partial charge in [0.25, 0.3) is 0 Å². The van der Waals surface area contributed by atoms with E-state index in [1.807, 2.05) is 32.0 Å². The largest absolute Gasteiger partial charge is 0.454 e. The maximum Gasteiger partial charge on any atom is 0.231 e. The van der Waals surface area contributed by atoms with E-state index in [-0.39, 0.29) is 0 Å². The Morgan fingerprint density at radius 3 is 2.47 bits per heavy atom. The lowest BCUT2D eigenvalue weighted by atomic mass is 10.2. The predicted molar refractivity (Wildman–Crippen MR) is 59.8 cm³/mol. The number of fused-ring (bicyclic) bond motifs is 1. The van der Waals surface area contributed by atoms with Crippen LogP contribution in [0.3, 0.4) is 0 Å². The Balaban J connectivity index is 0.000000245. The van der Waals surface area contributed by atoms with Crippen LogP contribution >= 0.6 is 0 Å². The summed E-state index contributed by atoms with van der Waals surface area (Å²) in [6, 6.07) is 6.06. The van der Waals surface area contributed by atoms with E-state index in [1.165, 1.54) is 0 Å². The van der Waals surface area contributed by atoms with Crippen LogP contribution in [0.1, 0.15) is 19.4 Å². The zero-order valence-electron chi connectivity index (χ0n) is 9.19. The molecule has 0 atom stereocenters. The van der Waals surface area contributed by atoms with Gasteiger partial charge in [-0.25, -0.2) is 0 Å². The zero-order valence-corrected chi connectivity index (χ0v) is 9.19. The zero-order chi connectivity index (χ0) is 11.3. The minimum Gasteiger partial charge on any atom is -0.454 e. The lowest BCUT2D eigenvalue weighted by molar-refractivity contribution is 0.174. The molecule has 2 rings (SSSR count). The molecule has 4 nitrogen and oxygen atoms in total. The Kier molecular flexibility index (Phi) is 4.39. The Labute approximate surface area is 90.2 Å². The van der Waals surface area contributed by atoms with Gasteiger partial charge in [0.2, 0.25) is 6.79 Å². The van der Waals surface area contributed by atoms with Crippen molar-refractivity contribution in [2.75, 3.05) is 6.79 Å². The summed E-state index contributed by atoms with van der Waals surface area (Å²) in [6.07, 6.45) is 0. The SMILES string of the molecule is CC(C)N.NCc1ccc2c(c1)OCO2. The summed E-state index contributed by atoms with van der Waals surface area (Å²) >= 11 is 0. The fourth-order valence-electron chi connectivity index (χ4n) is 1.07. The predicted octanol–water partition coefficient (Wildman–Crippen LogP) is 1.23. The summed E-state index contributed by atoms with van der Waals surface area (Å²) in [5.41, 5.74) is 11.6. The van der Waals surface area contributed by atoms with Gasteiger partial charge in [-0.2, -0.15) is 0 Å². The lowest BCUT2D eigenvalue weighted by Crippen LogP contribution is -2.06. The maximum atomic E-state index is 5.45. The number of rotatable bonds is 1. The van der Waals surface area contributed by atoms with Gasteiger partial charge in [-0.05, 0) is 23.7 Å². The van der Waals surface area contributed by atoms with Crippen LogP contribution in [0.15, 0.2) is 18.2 Å². The van der Waals surface area contributed by atoms with E-state index in [1.54, 1.807) is 0 Å². The molecule has 0 bridgehead atoms. The van der Waals surface area contributed by atoms with E-state index in [2.05, 4.69) is 0 Å². The quantitative estimate of drug-likeness (QED) is 0.731. The molecule has 4 N–H and O–H groups in total. The van der Waals surface area contributed by atoms with Crippen molar-refractivity contribution < 1.29 is 9.47 Å². The van der Waals surface area contributed by atoms with E-state index in [0.29, 0.717) is 19.4 Å². The molecule has 0 saturated carbocycles. The monoisotopic (exact) mass is 210 g/mol. The van der Waals surface area contributed by atoms with Gasteiger partial charge in [-0.1, -0.05) is 19.9 Å². The third-order valence-electron chi connectivity index (χ3n) is 1.67. The molecule has 0 aromatic heterocycles. The van der Waals surface area contributed by atoms with E-state index >= 15 is 0 Å². The molecule has 0 spiro atoms. The average Bonchev–Trinajstić information content (AvgIpc) is 2.63. The molecule has 0 unspecified atom stereocenters. The van der Waals surface area contributed by atoms with Gasteiger partial charge in [-0.15, -0.1) is 0 Å².